The molecule has 17 heavy (non-hydrogen) atoms. The number of anilines is 1. The Morgan fingerprint density at radius 3 is 2.35 bits per heavy atom. The molecule has 1 fully saturated rings. The summed E-state index contributed by atoms with van der Waals surface area (Å²) in [6.07, 6.45) is 1.60. The van der Waals surface area contributed by atoms with Crippen LogP contribution in [0.3, 0.4) is 0 Å². The molecule has 1 saturated heterocycles. The number of hydrogen-bond acceptors (Lipinski definition) is 4. The Morgan fingerprint density at radius 2 is 1.76 bits per heavy atom. The lowest BCUT2D eigenvalue weighted by Crippen LogP contribution is -2.46. The quantitative estimate of drug-likeness (QED) is 0.792. The second-order valence-corrected chi connectivity index (χ2v) is 4.30. The van der Waals surface area contributed by atoms with Gasteiger partial charge in [0.05, 0.1) is 0 Å². The maximum Gasteiger partial charge on any atom is 0.121 e. The lowest BCUT2D eigenvalue weighted by atomic mass is 10.2. The predicted molar refractivity (Wildman–Crippen MR) is 67.4 cm³/mol. The first-order valence-electron chi connectivity index (χ1n) is 5.99. The van der Waals surface area contributed by atoms with Crippen molar-refractivity contribution in [3.63, 3.8) is 0 Å². The van der Waals surface area contributed by atoms with Gasteiger partial charge in [-0.15, -0.1) is 0 Å². The molecule has 4 heteroatoms. The third kappa shape index (κ3) is 3.20. The number of carbonyl (C=O) groups is 1. The number of phenols is 1. The first-order valence-corrected chi connectivity index (χ1v) is 5.99. The SMILES string of the molecule is O=CCCN1CCN(c2ccc(O)cc2)CC1. The fourth-order valence-electron chi connectivity index (χ4n) is 2.13. The Hall–Kier alpha value is -1.55. The zero-order valence-corrected chi connectivity index (χ0v) is 9.88. The van der Waals surface area contributed by atoms with E-state index in [-0.39, 0.29) is 0 Å². The normalized spacial score (nSPS) is 17.1. The minimum atomic E-state index is 0.304. The van der Waals surface area contributed by atoms with Crippen molar-refractivity contribution >= 4 is 12.0 Å². The molecule has 1 heterocycles. The number of benzene rings is 1. The fourth-order valence-corrected chi connectivity index (χ4v) is 2.13. The van der Waals surface area contributed by atoms with Crippen molar-refractivity contribution in [1.82, 2.24) is 4.90 Å². The highest BCUT2D eigenvalue weighted by atomic mass is 16.3. The number of rotatable bonds is 4. The van der Waals surface area contributed by atoms with Gasteiger partial charge in [0, 0.05) is 44.8 Å². The van der Waals surface area contributed by atoms with E-state index in [1.165, 1.54) is 0 Å². The zero-order valence-electron chi connectivity index (χ0n) is 9.88. The van der Waals surface area contributed by atoms with Gasteiger partial charge < -0.3 is 14.8 Å². The van der Waals surface area contributed by atoms with Crippen LogP contribution >= 0.6 is 0 Å². The van der Waals surface area contributed by atoms with Crippen molar-refractivity contribution < 1.29 is 9.90 Å². The summed E-state index contributed by atoms with van der Waals surface area (Å²) >= 11 is 0. The van der Waals surface area contributed by atoms with E-state index in [1.807, 2.05) is 12.1 Å². The van der Waals surface area contributed by atoms with E-state index in [9.17, 15) is 9.90 Å². The zero-order chi connectivity index (χ0) is 12.1. The summed E-state index contributed by atoms with van der Waals surface area (Å²) in [4.78, 5) is 14.9. The van der Waals surface area contributed by atoms with Crippen LogP contribution in [0.2, 0.25) is 0 Å². The standard InChI is InChI=1S/C13H18N2O2/c16-11-1-6-14-7-9-15(10-8-14)12-2-4-13(17)5-3-12/h2-5,11,17H,1,6-10H2. The van der Waals surface area contributed by atoms with Crippen molar-refractivity contribution in [1.29, 1.82) is 0 Å². The predicted octanol–water partition coefficient (Wildman–Crippen LogP) is 1.10. The van der Waals surface area contributed by atoms with Gasteiger partial charge in [-0.3, -0.25) is 4.90 Å². The van der Waals surface area contributed by atoms with Gasteiger partial charge in [0.15, 0.2) is 0 Å². The minimum absolute atomic E-state index is 0.304. The van der Waals surface area contributed by atoms with E-state index < -0.39 is 0 Å². The third-order valence-electron chi connectivity index (χ3n) is 3.15. The summed E-state index contributed by atoms with van der Waals surface area (Å²) in [6.45, 7) is 4.81. The van der Waals surface area contributed by atoms with Crippen LogP contribution in [0.1, 0.15) is 6.42 Å². The number of hydrogen-bond donors (Lipinski definition) is 1. The van der Waals surface area contributed by atoms with E-state index in [0.717, 1.165) is 44.7 Å². The number of phenolic OH excluding ortho intramolecular Hbond substituents is 1. The van der Waals surface area contributed by atoms with Gasteiger partial charge in [0.25, 0.3) is 0 Å². The average molecular weight is 234 g/mol. The average Bonchev–Trinajstić information content (AvgIpc) is 2.38. The van der Waals surface area contributed by atoms with Crippen LogP contribution in [-0.4, -0.2) is 49.0 Å². The summed E-state index contributed by atoms with van der Waals surface area (Å²) in [5.74, 6) is 0.304. The number of piperazine rings is 1. The third-order valence-corrected chi connectivity index (χ3v) is 3.15. The number of aromatic hydroxyl groups is 1. The van der Waals surface area contributed by atoms with Crippen molar-refractivity contribution in [2.75, 3.05) is 37.6 Å². The summed E-state index contributed by atoms with van der Waals surface area (Å²) in [5, 5.41) is 9.23. The molecule has 0 amide bonds. The fraction of sp³-hybridized carbons (Fsp3) is 0.462. The van der Waals surface area contributed by atoms with Gasteiger partial charge in [0.1, 0.15) is 12.0 Å². The van der Waals surface area contributed by atoms with E-state index >= 15 is 0 Å². The molecule has 1 aromatic rings. The molecule has 0 bridgehead atoms. The summed E-state index contributed by atoms with van der Waals surface area (Å²) in [6, 6.07) is 7.31. The Balaban J connectivity index is 1.86. The van der Waals surface area contributed by atoms with Gasteiger partial charge in [-0.05, 0) is 24.3 Å². The molecule has 4 nitrogen and oxygen atoms in total. The second-order valence-electron chi connectivity index (χ2n) is 4.30. The van der Waals surface area contributed by atoms with Gasteiger partial charge in [-0.1, -0.05) is 0 Å². The molecule has 0 spiro atoms. The van der Waals surface area contributed by atoms with Crippen LogP contribution < -0.4 is 4.90 Å². The molecule has 1 aliphatic rings. The van der Waals surface area contributed by atoms with Crippen LogP contribution in [0.25, 0.3) is 0 Å². The van der Waals surface area contributed by atoms with Crippen LogP contribution in [0.4, 0.5) is 5.69 Å². The van der Waals surface area contributed by atoms with Gasteiger partial charge in [-0.25, -0.2) is 0 Å². The first-order chi connectivity index (χ1) is 8.29. The monoisotopic (exact) mass is 234 g/mol. The highest BCUT2D eigenvalue weighted by Gasteiger charge is 2.16. The van der Waals surface area contributed by atoms with Crippen LogP contribution in [0.15, 0.2) is 24.3 Å². The maximum absolute atomic E-state index is 10.3. The minimum Gasteiger partial charge on any atom is -0.508 e. The molecule has 0 unspecified atom stereocenters. The van der Waals surface area contributed by atoms with Gasteiger partial charge in [0.2, 0.25) is 0 Å². The smallest absolute Gasteiger partial charge is 0.121 e. The summed E-state index contributed by atoms with van der Waals surface area (Å²) in [7, 11) is 0. The Morgan fingerprint density at radius 1 is 1.12 bits per heavy atom. The molecule has 92 valence electrons. The van der Waals surface area contributed by atoms with Gasteiger partial charge in [-0.2, -0.15) is 0 Å². The molecule has 0 saturated carbocycles. The molecule has 0 aromatic heterocycles. The molecule has 0 aliphatic carbocycles. The number of aldehydes is 1. The lowest BCUT2D eigenvalue weighted by molar-refractivity contribution is -0.108. The molecular weight excluding hydrogens is 216 g/mol. The topological polar surface area (TPSA) is 43.8 Å². The first kappa shape index (κ1) is 11.9. The van der Waals surface area contributed by atoms with Gasteiger partial charge >= 0.3 is 0 Å². The molecule has 1 aromatic carbocycles. The largest absolute Gasteiger partial charge is 0.508 e. The summed E-state index contributed by atoms with van der Waals surface area (Å²) in [5.41, 5.74) is 1.15. The van der Waals surface area contributed by atoms with Crippen molar-refractivity contribution in [2.45, 2.75) is 6.42 Å². The van der Waals surface area contributed by atoms with Crippen LogP contribution in [0, 0.1) is 0 Å². The van der Waals surface area contributed by atoms with Crippen molar-refractivity contribution in [3.8, 4) is 5.75 Å². The molecule has 2 rings (SSSR count). The van der Waals surface area contributed by atoms with Crippen molar-refractivity contribution in [2.24, 2.45) is 0 Å². The van der Waals surface area contributed by atoms with E-state index in [0.29, 0.717) is 12.2 Å². The molecule has 1 aliphatic heterocycles. The van der Waals surface area contributed by atoms with E-state index in [1.54, 1.807) is 12.1 Å². The Kier molecular flexibility index (Phi) is 3.98. The van der Waals surface area contributed by atoms with Crippen molar-refractivity contribution in [3.05, 3.63) is 24.3 Å². The number of carbonyl (C=O) groups excluding carboxylic acids is 1. The molecule has 0 radical (unpaired) electrons. The molecule has 1 N–H and O–H groups in total. The lowest BCUT2D eigenvalue weighted by Gasteiger charge is -2.35. The Labute approximate surface area is 101 Å². The molecular formula is C13H18N2O2. The maximum atomic E-state index is 10.3. The highest BCUT2D eigenvalue weighted by molar-refractivity contribution is 5.50. The van der Waals surface area contributed by atoms with Crippen LogP contribution in [-0.2, 0) is 4.79 Å². The number of nitrogens with zero attached hydrogens (tertiary/aromatic N) is 2. The Bertz CT molecular complexity index is 356. The second kappa shape index (κ2) is 5.68. The molecule has 0 atom stereocenters. The van der Waals surface area contributed by atoms with E-state index in [4.69, 9.17) is 0 Å². The summed E-state index contributed by atoms with van der Waals surface area (Å²) < 4.78 is 0. The highest BCUT2D eigenvalue weighted by Crippen LogP contribution is 2.19. The van der Waals surface area contributed by atoms with Crippen LogP contribution in [0.5, 0.6) is 5.75 Å². The van der Waals surface area contributed by atoms with E-state index in [2.05, 4.69) is 9.80 Å².